The van der Waals surface area contributed by atoms with Crippen molar-refractivity contribution in [2.75, 3.05) is 14.2 Å². The number of hydrogen-bond acceptors (Lipinski definition) is 4. The van der Waals surface area contributed by atoms with Crippen molar-refractivity contribution in [1.29, 1.82) is 0 Å². The van der Waals surface area contributed by atoms with Gasteiger partial charge in [-0.15, -0.1) is 0 Å². The summed E-state index contributed by atoms with van der Waals surface area (Å²) < 4.78 is 11.7. The van der Waals surface area contributed by atoms with E-state index in [0.29, 0.717) is 22.7 Å². The number of ether oxygens (including phenoxy) is 2. The van der Waals surface area contributed by atoms with Crippen molar-refractivity contribution in [2.24, 2.45) is 0 Å². The number of methoxy groups -OCH3 is 2. The molecular weight excluding hydrogens is 206 g/mol. The van der Waals surface area contributed by atoms with Gasteiger partial charge < -0.3 is 9.47 Å². The summed E-state index contributed by atoms with van der Waals surface area (Å²) in [6.45, 7) is 0. The first kappa shape index (κ1) is 9.08. The molecule has 0 unspecified atom stereocenters. The molecule has 0 fully saturated rings. The minimum Gasteiger partial charge on any atom is -0.482 e. The summed E-state index contributed by atoms with van der Waals surface area (Å²) in [5.41, 5.74) is 0. The number of fused-ring (bicyclic) bond motifs is 1. The summed E-state index contributed by atoms with van der Waals surface area (Å²) in [5.74, 6) is 1.43. The van der Waals surface area contributed by atoms with Gasteiger partial charge in [-0.05, 0) is 0 Å². The van der Waals surface area contributed by atoms with Crippen LogP contribution in [0.15, 0.2) is 12.3 Å². The summed E-state index contributed by atoms with van der Waals surface area (Å²) in [6, 6.07) is 1.64. The Bertz CT molecular complexity index is 469. The average molecular weight is 214 g/mol. The Morgan fingerprint density at radius 3 is 2.79 bits per heavy atom. The van der Waals surface area contributed by atoms with Gasteiger partial charge >= 0.3 is 0 Å². The molecule has 2 heterocycles. The maximum atomic E-state index is 5.89. The van der Waals surface area contributed by atoms with Crippen LogP contribution in [0.5, 0.6) is 11.8 Å². The quantitative estimate of drug-likeness (QED) is 0.757. The zero-order valence-corrected chi connectivity index (χ0v) is 8.45. The highest BCUT2D eigenvalue weighted by Gasteiger charge is 2.10. The average Bonchev–Trinajstić information content (AvgIpc) is 2.59. The van der Waals surface area contributed by atoms with Gasteiger partial charge in [-0.1, -0.05) is 11.6 Å². The number of imidazole rings is 1. The summed E-state index contributed by atoms with van der Waals surface area (Å²) in [6.07, 6.45) is 1.51. The zero-order valence-electron chi connectivity index (χ0n) is 7.69. The lowest BCUT2D eigenvalue weighted by molar-refractivity contribution is 0.370. The van der Waals surface area contributed by atoms with Gasteiger partial charge in [0.1, 0.15) is 5.15 Å². The van der Waals surface area contributed by atoms with Crippen molar-refractivity contribution in [3.8, 4) is 11.8 Å². The van der Waals surface area contributed by atoms with Crippen LogP contribution in [0.25, 0.3) is 5.78 Å². The predicted octanol–water partition coefficient (Wildman–Crippen LogP) is 1.40. The second-order valence-corrected chi connectivity index (χ2v) is 2.94. The van der Waals surface area contributed by atoms with E-state index in [-0.39, 0.29) is 0 Å². The van der Waals surface area contributed by atoms with Gasteiger partial charge in [-0.3, -0.25) is 0 Å². The molecule has 0 aliphatic rings. The molecule has 6 heteroatoms. The van der Waals surface area contributed by atoms with E-state index >= 15 is 0 Å². The molecule has 0 spiro atoms. The first-order valence-corrected chi connectivity index (χ1v) is 4.26. The standard InChI is InChI=1S/C8H8ClN3O2/c1-13-6-3-7(14-2)12-5(9)4-10-8(12)11-6/h3-4H,1-2H3. The molecule has 0 saturated carbocycles. The number of hydrogen-bond donors (Lipinski definition) is 0. The maximum Gasteiger partial charge on any atom is 0.241 e. The van der Waals surface area contributed by atoms with Crippen molar-refractivity contribution >= 4 is 17.4 Å². The number of nitrogens with zero attached hydrogens (tertiary/aromatic N) is 3. The van der Waals surface area contributed by atoms with Crippen LogP contribution in [-0.2, 0) is 0 Å². The van der Waals surface area contributed by atoms with E-state index in [0.717, 1.165) is 0 Å². The third-order valence-corrected chi connectivity index (χ3v) is 2.06. The molecule has 5 nitrogen and oxygen atoms in total. The smallest absolute Gasteiger partial charge is 0.241 e. The third-order valence-electron chi connectivity index (χ3n) is 1.80. The van der Waals surface area contributed by atoms with E-state index in [1.807, 2.05) is 0 Å². The van der Waals surface area contributed by atoms with Crippen molar-refractivity contribution in [2.45, 2.75) is 0 Å². The zero-order chi connectivity index (χ0) is 10.1. The van der Waals surface area contributed by atoms with Gasteiger partial charge in [-0.25, -0.2) is 9.38 Å². The van der Waals surface area contributed by atoms with Crippen LogP contribution < -0.4 is 9.47 Å². The number of halogens is 1. The molecule has 2 aromatic heterocycles. The Morgan fingerprint density at radius 1 is 1.36 bits per heavy atom. The Hall–Kier alpha value is -1.49. The van der Waals surface area contributed by atoms with Crippen LogP contribution in [0, 0.1) is 0 Å². The predicted molar refractivity (Wildman–Crippen MR) is 51.1 cm³/mol. The Labute approximate surface area is 85.2 Å². The Morgan fingerprint density at radius 2 is 2.14 bits per heavy atom. The van der Waals surface area contributed by atoms with Crippen LogP contribution in [0.4, 0.5) is 0 Å². The van der Waals surface area contributed by atoms with E-state index in [4.69, 9.17) is 21.1 Å². The molecule has 0 amide bonds. The van der Waals surface area contributed by atoms with Crippen LogP contribution >= 0.6 is 11.6 Å². The fourth-order valence-corrected chi connectivity index (χ4v) is 1.37. The van der Waals surface area contributed by atoms with Crippen LogP contribution in [-0.4, -0.2) is 28.6 Å². The molecule has 0 aliphatic carbocycles. The molecule has 0 radical (unpaired) electrons. The van der Waals surface area contributed by atoms with Crippen molar-refractivity contribution < 1.29 is 9.47 Å². The largest absolute Gasteiger partial charge is 0.482 e. The Balaban J connectivity index is 2.76. The summed E-state index contributed by atoms with van der Waals surface area (Å²) in [4.78, 5) is 8.08. The van der Waals surface area contributed by atoms with Gasteiger partial charge in [-0.2, -0.15) is 4.98 Å². The minimum absolute atomic E-state index is 0.441. The number of aromatic nitrogens is 3. The summed E-state index contributed by atoms with van der Waals surface area (Å²) in [7, 11) is 3.08. The Kier molecular flexibility index (Phi) is 2.17. The van der Waals surface area contributed by atoms with E-state index in [1.165, 1.54) is 13.3 Å². The third kappa shape index (κ3) is 1.26. The fraction of sp³-hybridized carbons (Fsp3) is 0.250. The van der Waals surface area contributed by atoms with Crippen LogP contribution in [0.2, 0.25) is 5.15 Å². The second-order valence-electron chi connectivity index (χ2n) is 2.56. The molecule has 14 heavy (non-hydrogen) atoms. The molecule has 0 aromatic carbocycles. The SMILES string of the molecule is COc1cc(OC)n2c(Cl)cnc2n1. The van der Waals surface area contributed by atoms with Crippen LogP contribution in [0.1, 0.15) is 0 Å². The number of rotatable bonds is 2. The van der Waals surface area contributed by atoms with E-state index < -0.39 is 0 Å². The summed E-state index contributed by atoms with van der Waals surface area (Å²) >= 11 is 5.89. The van der Waals surface area contributed by atoms with E-state index in [9.17, 15) is 0 Å². The van der Waals surface area contributed by atoms with Gasteiger partial charge in [0.05, 0.1) is 26.5 Å². The molecule has 0 atom stereocenters. The topological polar surface area (TPSA) is 48.7 Å². The van der Waals surface area contributed by atoms with Gasteiger partial charge in [0.25, 0.3) is 0 Å². The molecule has 74 valence electrons. The molecule has 2 aromatic rings. The molecule has 0 bridgehead atoms. The normalized spacial score (nSPS) is 10.5. The lowest BCUT2D eigenvalue weighted by Crippen LogP contribution is -1.98. The molecule has 0 N–H and O–H groups in total. The molecule has 0 aliphatic heterocycles. The highest BCUT2D eigenvalue weighted by atomic mass is 35.5. The van der Waals surface area contributed by atoms with E-state index in [1.54, 1.807) is 17.6 Å². The molecule has 2 rings (SSSR count). The van der Waals surface area contributed by atoms with Crippen molar-refractivity contribution in [3.63, 3.8) is 0 Å². The highest BCUT2D eigenvalue weighted by molar-refractivity contribution is 6.29. The van der Waals surface area contributed by atoms with Crippen molar-refractivity contribution in [1.82, 2.24) is 14.4 Å². The van der Waals surface area contributed by atoms with Crippen molar-refractivity contribution in [3.05, 3.63) is 17.4 Å². The van der Waals surface area contributed by atoms with Gasteiger partial charge in [0, 0.05) is 0 Å². The fourth-order valence-electron chi connectivity index (χ4n) is 1.16. The van der Waals surface area contributed by atoms with Gasteiger partial charge in [0.2, 0.25) is 17.5 Å². The first-order chi connectivity index (χ1) is 6.76. The summed E-state index contributed by atoms with van der Waals surface area (Å²) in [5, 5.41) is 0.451. The lowest BCUT2D eigenvalue weighted by Gasteiger charge is -2.05. The maximum absolute atomic E-state index is 5.89. The van der Waals surface area contributed by atoms with Gasteiger partial charge in [0.15, 0.2) is 0 Å². The monoisotopic (exact) mass is 213 g/mol. The van der Waals surface area contributed by atoms with Crippen LogP contribution in [0.3, 0.4) is 0 Å². The first-order valence-electron chi connectivity index (χ1n) is 3.88. The minimum atomic E-state index is 0.441. The van der Waals surface area contributed by atoms with E-state index in [2.05, 4.69) is 9.97 Å². The lowest BCUT2D eigenvalue weighted by atomic mass is 10.6. The molecule has 0 saturated heterocycles. The highest BCUT2D eigenvalue weighted by Crippen LogP contribution is 2.23. The molecular formula is C8H8ClN3O2. The second kappa shape index (κ2) is 3.34.